The molecule has 2 N–H and O–H groups in total. The molecule has 4 aromatic rings. The van der Waals surface area contributed by atoms with E-state index >= 15 is 0 Å². The molecule has 2 aromatic heterocycles. The standard InChI is InChI=1S/C20H15N5O3/c1-28-15-8-7-14(12-5-3-2-4-6-12)18-19(15)23-16(11-21-18)24-20(27)13-9-17(26)25-22-10-13/h2-11H,1H3,(H,25,26)(H,23,24,27). The number of H-pyrrole nitrogens is 1. The van der Waals surface area contributed by atoms with Crippen LogP contribution in [0.15, 0.2) is 65.7 Å². The molecular weight excluding hydrogens is 358 g/mol. The molecule has 0 atom stereocenters. The minimum atomic E-state index is -0.509. The highest BCUT2D eigenvalue weighted by molar-refractivity contribution is 6.04. The summed E-state index contributed by atoms with van der Waals surface area (Å²) >= 11 is 0. The second-order valence-electron chi connectivity index (χ2n) is 5.92. The summed E-state index contributed by atoms with van der Waals surface area (Å²) in [4.78, 5) is 32.7. The SMILES string of the molecule is COc1ccc(-c2ccccc2)c2ncc(NC(=O)c3cn[nH]c(=O)c3)nc12. The lowest BCUT2D eigenvalue weighted by molar-refractivity contribution is 0.102. The van der Waals surface area contributed by atoms with Gasteiger partial charge in [-0.25, -0.2) is 15.1 Å². The highest BCUT2D eigenvalue weighted by Crippen LogP contribution is 2.32. The van der Waals surface area contributed by atoms with Crippen LogP contribution in [0.25, 0.3) is 22.2 Å². The number of hydrogen-bond acceptors (Lipinski definition) is 6. The average Bonchev–Trinajstić information content (AvgIpc) is 2.73. The second kappa shape index (κ2) is 7.28. The van der Waals surface area contributed by atoms with Crippen LogP contribution in [0.4, 0.5) is 5.82 Å². The Morgan fingerprint density at radius 3 is 2.64 bits per heavy atom. The first kappa shape index (κ1) is 17.3. The smallest absolute Gasteiger partial charge is 0.264 e. The molecule has 0 radical (unpaired) electrons. The maximum absolute atomic E-state index is 12.3. The quantitative estimate of drug-likeness (QED) is 0.569. The van der Waals surface area contributed by atoms with Crippen LogP contribution >= 0.6 is 0 Å². The summed E-state index contributed by atoms with van der Waals surface area (Å²) in [6.07, 6.45) is 2.73. The predicted molar refractivity (Wildman–Crippen MR) is 104 cm³/mol. The average molecular weight is 373 g/mol. The molecule has 0 saturated carbocycles. The summed E-state index contributed by atoms with van der Waals surface area (Å²) < 4.78 is 5.41. The lowest BCUT2D eigenvalue weighted by atomic mass is 10.0. The molecule has 138 valence electrons. The summed E-state index contributed by atoms with van der Waals surface area (Å²) in [6.45, 7) is 0. The first-order valence-electron chi connectivity index (χ1n) is 8.41. The van der Waals surface area contributed by atoms with E-state index in [1.165, 1.54) is 12.4 Å². The van der Waals surface area contributed by atoms with E-state index in [4.69, 9.17) is 4.74 Å². The molecule has 0 spiro atoms. The van der Waals surface area contributed by atoms with Crippen LogP contribution in [-0.2, 0) is 0 Å². The maximum atomic E-state index is 12.3. The molecule has 0 unspecified atom stereocenters. The molecule has 28 heavy (non-hydrogen) atoms. The molecule has 0 aliphatic carbocycles. The van der Waals surface area contributed by atoms with Gasteiger partial charge in [-0.3, -0.25) is 9.59 Å². The van der Waals surface area contributed by atoms with Gasteiger partial charge >= 0.3 is 0 Å². The van der Waals surface area contributed by atoms with E-state index < -0.39 is 11.5 Å². The number of benzene rings is 2. The minimum absolute atomic E-state index is 0.121. The Bertz CT molecular complexity index is 1220. The van der Waals surface area contributed by atoms with Crippen molar-refractivity contribution in [3.63, 3.8) is 0 Å². The fraction of sp³-hybridized carbons (Fsp3) is 0.0500. The van der Waals surface area contributed by atoms with Crippen LogP contribution in [0.5, 0.6) is 5.75 Å². The highest BCUT2D eigenvalue weighted by Gasteiger charge is 2.14. The number of ether oxygens (including phenoxy) is 1. The van der Waals surface area contributed by atoms with Crippen molar-refractivity contribution in [2.24, 2.45) is 0 Å². The highest BCUT2D eigenvalue weighted by atomic mass is 16.5. The third-order valence-electron chi connectivity index (χ3n) is 4.14. The van der Waals surface area contributed by atoms with Gasteiger partial charge in [0, 0.05) is 11.6 Å². The summed E-state index contributed by atoms with van der Waals surface area (Å²) in [5, 5.41) is 8.46. The topological polar surface area (TPSA) is 110 Å². The van der Waals surface area contributed by atoms with Gasteiger partial charge in [-0.15, -0.1) is 0 Å². The molecule has 8 nitrogen and oxygen atoms in total. The Kier molecular flexibility index (Phi) is 4.51. The van der Waals surface area contributed by atoms with Crippen molar-refractivity contribution < 1.29 is 9.53 Å². The number of nitrogens with one attached hydrogen (secondary N) is 2. The van der Waals surface area contributed by atoms with Crippen LogP contribution in [0.3, 0.4) is 0 Å². The number of rotatable bonds is 4. The molecule has 2 aromatic carbocycles. The van der Waals surface area contributed by atoms with Crippen molar-refractivity contribution in [3.8, 4) is 16.9 Å². The first-order valence-corrected chi connectivity index (χ1v) is 8.41. The zero-order valence-electron chi connectivity index (χ0n) is 14.8. The number of carbonyl (C=O) groups excluding carboxylic acids is 1. The van der Waals surface area contributed by atoms with Crippen LogP contribution in [-0.4, -0.2) is 33.2 Å². The summed E-state index contributed by atoms with van der Waals surface area (Å²) in [5.74, 6) is 0.267. The minimum Gasteiger partial charge on any atom is -0.494 e. The largest absolute Gasteiger partial charge is 0.494 e. The zero-order valence-corrected chi connectivity index (χ0v) is 14.8. The van der Waals surface area contributed by atoms with Gasteiger partial charge in [0.15, 0.2) is 5.82 Å². The summed E-state index contributed by atoms with van der Waals surface area (Å²) in [7, 11) is 1.55. The number of methoxy groups -OCH3 is 1. The number of amides is 1. The number of carbonyl (C=O) groups is 1. The van der Waals surface area contributed by atoms with E-state index in [0.717, 1.165) is 17.2 Å². The van der Waals surface area contributed by atoms with Gasteiger partial charge in [0.1, 0.15) is 16.8 Å². The molecule has 0 aliphatic heterocycles. The van der Waals surface area contributed by atoms with E-state index in [1.807, 2.05) is 42.5 Å². The van der Waals surface area contributed by atoms with Gasteiger partial charge < -0.3 is 10.1 Å². The number of nitrogens with zero attached hydrogens (tertiary/aromatic N) is 3. The zero-order chi connectivity index (χ0) is 19.5. The van der Waals surface area contributed by atoms with Gasteiger partial charge in [-0.05, 0) is 17.7 Å². The lowest BCUT2D eigenvalue weighted by Crippen LogP contribution is -2.17. The Morgan fingerprint density at radius 1 is 1.07 bits per heavy atom. The number of anilines is 1. The monoisotopic (exact) mass is 373 g/mol. The van der Waals surface area contributed by atoms with Crippen LogP contribution in [0.1, 0.15) is 10.4 Å². The predicted octanol–water partition coefficient (Wildman–Crippen LogP) is 2.64. The third-order valence-corrected chi connectivity index (χ3v) is 4.14. The molecular formula is C20H15N5O3. The van der Waals surface area contributed by atoms with E-state index in [2.05, 4.69) is 25.5 Å². The fourth-order valence-electron chi connectivity index (χ4n) is 2.84. The van der Waals surface area contributed by atoms with Gasteiger partial charge in [0.05, 0.1) is 25.1 Å². The van der Waals surface area contributed by atoms with E-state index in [9.17, 15) is 9.59 Å². The number of aromatic amines is 1. The van der Waals surface area contributed by atoms with Crippen molar-refractivity contribution in [3.05, 3.63) is 76.8 Å². The van der Waals surface area contributed by atoms with E-state index in [-0.39, 0.29) is 11.4 Å². The van der Waals surface area contributed by atoms with Crippen molar-refractivity contribution in [1.82, 2.24) is 20.2 Å². The Hall–Kier alpha value is -4.07. The molecule has 8 heteroatoms. The molecule has 4 rings (SSSR count). The van der Waals surface area contributed by atoms with E-state index in [0.29, 0.717) is 16.8 Å². The van der Waals surface area contributed by atoms with Crippen molar-refractivity contribution >= 4 is 22.8 Å². The Morgan fingerprint density at radius 2 is 1.89 bits per heavy atom. The van der Waals surface area contributed by atoms with Crippen molar-refractivity contribution in [2.45, 2.75) is 0 Å². The van der Waals surface area contributed by atoms with Gasteiger partial charge in [-0.2, -0.15) is 5.10 Å². The summed E-state index contributed by atoms with van der Waals surface area (Å²) in [5.41, 5.74) is 2.73. The molecule has 0 aliphatic rings. The maximum Gasteiger partial charge on any atom is 0.264 e. The molecule has 2 heterocycles. The number of fused-ring (bicyclic) bond motifs is 1. The van der Waals surface area contributed by atoms with Gasteiger partial charge in [0.2, 0.25) is 0 Å². The Balaban J connectivity index is 1.76. The van der Waals surface area contributed by atoms with Crippen LogP contribution in [0, 0.1) is 0 Å². The van der Waals surface area contributed by atoms with Gasteiger partial charge in [0.25, 0.3) is 11.5 Å². The molecule has 0 bridgehead atoms. The molecule has 0 saturated heterocycles. The molecule has 1 amide bonds. The third kappa shape index (κ3) is 3.30. The lowest BCUT2D eigenvalue weighted by Gasteiger charge is -2.11. The summed E-state index contributed by atoms with van der Waals surface area (Å²) in [6, 6.07) is 14.7. The normalized spacial score (nSPS) is 10.6. The Labute approximate surface area is 159 Å². The van der Waals surface area contributed by atoms with Gasteiger partial charge in [-0.1, -0.05) is 30.3 Å². The van der Waals surface area contributed by atoms with Crippen molar-refractivity contribution in [2.75, 3.05) is 12.4 Å². The van der Waals surface area contributed by atoms with Crippen LogP contribution < -0.4 is 15.6 Å². The van der Waals surface area contributed by atoms with Crippen LogP contribution in [0.2, 0.25) is 0 Å². The molecule has 0 fully saturated rings. The number of aromatic nitrogens is 4. The number of hydrogen-bond donors (Lipinski definition) is 2. The first-order chi connectivity index (χ1) is 13.7. The fourth-order valence-corrected chi connectivity index (χ4v) is 2.84. The second-order valence-corrected chi connectivity index (χ2v) is 5.92. The van der Waals surface area contributed by atoms with E-state index in [1.54, 1.807) is 7.11 Å². The van der Waals surface area contributed by atoms with Crippen molar-refractivity contribution in [1.29, 1.82) is 0 Å².